The van der Waals surface area contributed by atoms with E-state index in [4.69, 9.17) is 4.74 Å². The van der Waals surface area contributed by atoms with Gasteiger partial charge in [-0.3, -0.25) is 0 Å². The molecule has 4 rings (SSSR count). The SMILES string of the molecule is COc1ccc(C2=Cc3ccccc3CC2)cc1NCc1ccc(O)c([NH+]([O-])O)c1. The quantitative estimate of drug-likeness (QED) is 0.370. The summed E-state index contributed by atoms with van der Waals surface area (Å²) in [6, 6.07) is 19.1. The van der Waals surface area contributed by atoms with Gasteiger partial charge in [-0.05, 0) is 58.9 Å². The van der Waals surface area contributed by atoms with E-state index in [1.165, 1.54) is 28.8 Å². The Balaban J connectivity index is 1.58. The molecule has 0 bridgehead atoms. The van der Waals surface area contributed by atoms with E-state index in [0.29, 0.717) is 12.3 Å². The number of quaternary nitrogens is 1. The van der Waals surface area contributed by atoms with Gasteiger partial charge in [0.15, 0.2) is 5.75 Å². The van der Waals surface area contributed by atoms with E-state index in [9.17, 15) is 15.5 Å². The third-order valence-electron chi connectivity index (χ3n) is 5.39. The molecule has 4 N–H and O–H groups in total. The number of rotatable bonds is 6. The van der Waals surface area contributed by atoms with E-state index in [1.807, 2.05) is 6.07 Å². The van der Waals surface area contributed by atoms with Crippen LogP contribution in [0.5, 0.6) is 11.5 Å². The molecule has 0 aromatic heterocycles. The summed E-state index contributed by atoms with van der Waals surface area (Å²) in [6.07, 6.45) is 4.23. The predicted molar refractivity (Wildman–Crippen MR) is 117 cm³/mol. The Hall–Kier alpha value is -3.32. The first-order valence-electron chi connectivity index (χ1n) is 9.81. The first kappa shape index (κ1) is 20.0. The molecule has 0 saturated heterocycles. The first-order chi connectivity index (χ1) is 14.5. The van der Waals surface area contributed by atoms with E-state index in [2.05, 4.69) is 47.8 Å². The van der Waals surface area contributed by atoms with Crippen LogP contribution in [0.1, 0.15) is 28.7 Å². The predicted octanol–water partition coefficient (Wildman–Crippen LogP) is 3.90. The number of nitrogens with one attached hydrogen (secondary N) is 2. The fourth-order valence-corrected chi connectivity index (χ4v) is 3.77. The third-order valence-corrected chi connectivity index (χ3v) is 5.39. The molecule has 6 nitrogen and oxygen atoms in total. The Morgan fingerprint density at radius 1 is 1.07 bits per heavy atom. The Morgan fingerprint density at radius 3 is 2.70 bits per heavy atom. The highest BCUT2D eigenvalue weighted by Crippen LogP contribution is 2.34. The summed E-state index contributed by atoms with van der Waals surface area (Å²) in [5.41, 5.74) is 6.51. The molecule has 0 aliphatic heterocycles. The minimum atomic E-state index is -1.15. The molecule has 0 amide bonds. The molecular formula is C24H24N2O4. The number of benzene rings is 3. The number of ether oxygens (including phenoxy) is 1. The van der Waals surface area contributed by atoms with Crippen molar-refractivity contribution in [1.29, 1.82) is 0 Å². The van der Waals surface area contributed by atoms with Crippen molar-refractivity contribution in [2.45, 2.75) is 19.4 Å². The maximum absolute atomic E-state index is 11.2. The molecule has 1 aliphatic carbocycles. The Morgan fingerprint density at radius 2 is 1.90 bits per heavy atom. The standard InChI is InChI=1S/C24H24N2O4/c1-30-24-11-9-20(19-8-7-17-4-2-3-5-18(17)13-19)14-21(24)25-15-16-6-10-23(27)22(12-16)26(28)29/h2-6,9-14,25-28H,7-8,15H2,1H3. The maximum Gasteiger partial charge on any atom is 0.206 e. The molecule has 0 radical (unpaired) electrons. The number of phenolic OH excluding ortho intramolecular Hbond substituents is 1. The molecule has 0 spiro atoms. The number of hydrogen-bond acceptors (Lipinski definition) is 5. The van der Waals surface area contributed by atoms with Crippen LogP contribution in [-0.2, 0) is 13.0 Å². The number of anilines is 1. The maximum atomic E-state index is 11.2. The van der Waals surface area contributed by atoms with Crippen LogP contribution in [0, 0.1) is 5.21 Å². The molecular weight excluding hydrogens is 380 g/mol. The van der Waals surface area contributed by atoms with Gasteiger partial charge in [-0.25, -0.2) is 5.21 Å². The number of hydrogen-bond donors (Lipinski definition) is 4. The number of aryl methyl sites for hydroxylation is 1. The fourth-order valence-electron chi connectivity index (χ4n) is 3.77. The van der Waals surface area contributed by atoms with Gasteiger partial charge in [0.2, 0.25) is 5.69 Å². The molecule has 0 saturated carbocycles. The number of aromatic hydroxyl groups is 1. The zero-order valence-corrected chi connectivity index (χ0v) is 16.7. The second kappa shape index (κ2) is 8.59. The second-order valence-electron chi connectivity index (χ2n) is 7.29. The van der Waals surface area contributed by atoms with Gasteiger partial charge in [-0.2, -0.15) is 5.23 Å². The van der Waals surface area contributed by atoms with Crippen LogP contribution in [0.25, 0.3) is 11.6 Å². The molecule has 1 aliphatic rings. The van der Waals surface area contributed by atoms with Crippen molar-refractivity contribution in [2.24, 2.45) is 0 Å². The Kier molecular flexibility index (Phi) is 5.72. The van der Waals surface area contributed by atoms with Crippen LogP contribution in [0.15, 0.2) is 60.7 Å². The number of allylic oxidation sites excluding steroid dienone is 1. The molecule has 3 aromatic rings. The molecule has 30 heavy (non-hydrogen) atoms. The summed E-state index contributed by atoms with van der Waals surface area (Å²) in [6.45, 7) is 0.405. The molecule has 1 atom stereocenters. The largest absolute Gasteiger partial charge is 0.595 e. The lowest BCUT2D eigenvalue weighted by molar-refractivity contribution is -0.991. The summed E-state index contributed by atoms with van der Waals surface area (Å²) in [4.78, 5) is 0. The average Bonchev–Trinajstić information content (AvgIpc) is 2.77. The van der Waals surface area contributed by atoms with Crippen LogP contribution < -0.4 is 15.3 Å². The molecule has 0 fully saturated rings. The summed E-state index contributed by atoms with van der Waals surface area (Å²) in [7, 11) is 1.62. The number of methoxy groups -OCH3 is 1. The van der Waals surface area contributed by atoms with Crippen molar-refractivity contribution in [1.82, 2.24) is 0 Å². The topological polar surface area (TPSA) is 89.2 Å². The number of phenols is 1. The van der Waals surface area contributed by atoms with Crippen molar-refractivity contribution < 1.29 is 20.3 Å². The van der Waals surface area contributed by atoms with Gasteiger partial charge in [0.25, 0.3) is 0 Å². The van der Waals surface area contributed by atoms with Gasteiger partial charge < -0.3 is 20.4 Å². The highest BCUT2D eigenvalue weighted by molar-refractivity contribution is 5.86. The monoisotopic (exact) mass is 404 g/mol. The average molecular weight is 404 g/mol. The highest BCUT2D eigenvalue weighted by atomic mass is 16.8. The fraction of sp³-hybridized carbons (Fsp3) is 0.167. The highest BCUT2D eigenvalue weighted by Gasteiger charge is 2.14. The molecule has 154 valence electrons. The molecule has 6 heteroatoms. The Labute approximate surface area is 175 Å². The lowest BCUT2D eigenvalue weighted by Gasteiger charge is -2.19. The van der Waals surface area contributed by atoms with Crippen LogP contribution in [-0.4, -0.2) is 17.4 Å². The first-order valence-corrected chi connectivity index (χ1v) is 9.81. The van der Waals surface area contributed by atoms with Crippen molar-refractivity contribution in [3.63, 3.8) is 0 Å². The van der Waals surface area contributed by atoms with Gasteiger partial charge in [0, 0.05) is 12.6 Å². The third kappa shape index (κ3) is 4.16. The zero-order chi connectivity index (χ0) is 21.1. The van der Waals surface area contributed by atoms with E-state index >= 15 is 0 Å². The van der Waals surface area contributed by atoms with Gasteiger partial charge in [0.05, 0.1) is 12.8 Å². The van der Waals surface area contributed by atoms with E-state index in [1.54, 1.807) is 13.2 Å². The van der Waals surface area contributed by atoms with E-state index < -0.39 is 5.23 Å². The van der Waals surface area contributed by atoms with Crippen LogP contribution in [0.4, 0.5) is 11.4 Å². The van der Waals surface area contributed by atoms with Crippen LogP contribution >= 0.6 is 0 Å². The second-order valence-corrected chi connectivity index (χ2v) is 7.29. The van der Waals surface area contributed by atoms with E-state index in [-0.39, 0.29) is 11.4 Å². The summed E-state index contributed by atoms with van der Waals surface area (Å²) >= 11 is 0. The summed E-state index contributed by atoms with van der Waals surface area (Å²) < 4.78 is 5.50. The van der Waals surface area contributed by atoms with Crippen LogP contribution in [0.2, 0.25) is 0 Å². The normalized spacial score (nSPS) is 13.9. The zero-order valence-electron chi connectivity index (χ0n) is 16.7. The number of fused-ring (bicyclic) bond motifs is 1. The summed E-state index contributed by atoms with van der Waals surface area (Å²) in [5, 5.41) is 32.3. The lowest BCUT2D eigenvalue weighted by atomic mass is 9.88. The van der Waals surface area contributed by atoms with Crippen molar-refractivity contribution in [2.75, 3.05) is 12.4 Å². The minimum absolute atomic E-state index is 0.110. The van der Waals surface area contributed by atoms with Gasteiger partial charge >= 0.3 is 0 Å². The van der Waals surface area contributed by atoms with Crippen molar-refractivity contribution >= 4 is 23.0 Å². The molecule has 1 unspecified atom stereocenters. The molecule has 3 aromatic carbocycles. The van der Waals surface area contributed by atoms with E-state index in [0.717, 1.165) is 29.7 Å². The van der Waals surface area contributed by atoms with Gasteiger partial charge in [-0.1, -0.05) is 42.5 Å². The summed E-state index contributed by atoms with van der Waals surface area (Å²) in [5.74, 6) is 0.475. The Bertz CT molecular complexity index is 1090. The molecule has 0 heterocycles. The van der Waals surface area contributed by atoms with Crippen molar-refractivity contribution in [3.8, 4) is 11.5 Å². The van der Waals surface area contributed by atoms with Gasteiger partial charge in [0.1, 0.15) is 5.75 Å². The smallest absolute Gasteiger partial charge is 0.206 e. The van der Waals surface area contributed by atoms with Crippen LogP contribution in [0.3, 0.4) is 0 Å². The lowest BCUT2D eigenvalue weighted by Crippen LogP contribution is -2.99. The van der Waals surface area contributed by atoms with Gasteiger partial charge in [-0.15, -0.1) is 0 Å². The minimum Gasteiger partial charge on any atom is -0.595 e. The van der Waals surface area contributed by atoms with Crippen molar-refractivity contribution in [3.05, 3.63) is 88.1 Å².